The predicted molar refractivity (Wildman–Crippen MR) is 155 cm³/mol. The zero-order valence-corrected chi connectivity index (χ0v) is 23.5. The van der Waals surface area contributed by atoms with Gasteiger partial charge in [0.05, 0.1) is 17.6 Å². The number of thioether (sulfide) groups is 1. The SMILES string of the molecule is COc1ccc(C=C2SC(=S)N(CCCCCC(=O)Nc3ccc(C(=O)OCCN(C)C)cc3)C2=O)cc1. The molecule has 2 aromatic carbocycles. The van der Waals surface area contributed by atoms with Crippen LogP contribution in [0.4, 0.5) is 5.69 Å². The summed E-state index contributed by atoms with van der Waals surface area (Å²) in [6, 6.07) is 14.1. The maximum atomic E-state index is 12.8. The van der Waals surface area contributed by atoms with Gasteiger partial charge in [0.15, 0.2) is 0 Å². The maximum Gasteiger partial charge on any atom is 0.338 e. The molecule has 202 valence electrons. The molecule has 0 aromatic heterocycles. The van der Waals surface area contributed by atoms with E-state index in [2.05, 4.69) is 5.32 Å². The van der Waals surface area contributed by atoms with E-state index in [4.69, 9.17) is 21.7 Å². The number of esters is 1. The van der Waals surface area contributed by atoms with Gasteiger partial charge in [0.1, 0.15) is 16.7 Å². The molecule has 10 heteroatoms. The Balaban J connectivity index is 1.36. The van der Waals surface area contributed by atoms with Crippen molar-refractivity contribution in [1.82, 2.24) is 9.80 Å². The highest BCUT2D eigenvalue weighted by atomic mass is 32.2. The second kappa shape index (κ2) is 14.7. The number of anilines is 1. The summed E-state index contributed by atoms with van der Waals surface area (Å²) in [7, 11) is 5.43. The van der Waals surface area contributed by atoms with Crippen LogP contribution in [0, 0.1) is 0 Å². The number of ether oxygens (including phenoxy) is 2. The Morgan fingerprint density at radius 1 is 1.05 bits per heavy atom. The van der Waals surface area contributed by atoms with Gasteiger partial charge >= 0.3 is 5.97 Å². The number of carbonyl (C=O) groups excluding carboxylic acids is 3. The van der Waals surface area contributed by atoms with Gasteiger partial charge in [-0.25, -0.2) is 4.79 Å². The summed E-state index contributed by atoms with van der Waals surface area (Å²) in [5, 5.41) is 2.85. The molecule has 2 aromatic rings. The molecule has 1 N–H and O–H groups in total. The van der Waals surface area contributed by atoms with Crippen LogP contribution in [0.5, 0.6) is 5.75 Å². The Morgan fingerprint density at radius 2 is 1.76 bits per heavy atom. The van der Waals surface area contributed by atoms with E-state index < -0.39 is 0 Å². The summed E-state index contributed by atoms with van der Waals surface area (Å²) in [6.07, 6.45) is 4.44. The predicted octanol–water partition coefficient (Wildman–Crippen LogP) is 4.81. The first-order chi connectivity index (χ1) is 18.3. The van der Waals surface area contributed by atoms with Gasteiger partial charge in [-0.1, -0.05) is 42.5 Å². The molecule has 0 saturated carbocycles. The highest BCUT2D eigenvalue weighted by Crippen LogP contribution is 2.33. The zero-order chi connectivity index (χ0) is 27.5. The van der Waals surface area contributed by atoms with E-state index in [1.807, 2.05) is 49.3 Å². The third kappa shape index (κ3) is 8.97. The van der Waals surface area contributed by atoms with Crippen molar-refractivity contribution < 1.29 is 23.9 Å². The smallest absolute Gasteiger partial charge is 0.338 e. The van der Waals surface area contributed by atoms with E-state index in [0.29, 0.717) is 53.0 Å². The molecule has 0 spiro atoms. The second-order valence-corrected chi connectivity index (χ2v) is 10.7. The van der Waals surface area contributed by atoms with E-state index in [0.717, 1.165) is 24.2 Å². The lowest BCUT2D eigenvalue weighted by molar-refractivity contribution is -0.122. The van der Waals surface area contributed by atoms with Gasteiger partial charge in [-0.3, -0.25) is 14.5 Å². The van der Waals surface area contributed by atoms with Crippen LogP contribution in [0.2, 0.25) is 0 Å². The average Bonchev–Trinajstić information content (AvgIpc) is 3.16. The van der Waals surface area contributed by atoms with Crippen molar-refractivity contribution in [2.24, 2.45) is 0 Å². The summed E-state index contributed by atoms with van der Waals surface area (Å²) in [6.45, 7) is 1.50. The van der Waals surface area contributed by atoms with Crippen LogP contribution in [-0.4, -0.2) is 72.8 Å². The van der Waals surface area contributed by atoms with Gasteiger partial charge < -0.3 is 19.7 Å². The highest BCUT2D eigenvalue weighted by molar-refractivity contribution is 8.26. The van der Waals surface area contributed by atoms with Crippen molar-refractivity contribution >= 4 is 57.8 Å². The van der Waals surface area contributed by atoms with Crippen molar-refractivity contribution in [2.75, 3.05) is 46.2 Å². The van der Waals surface area contributed by atoms with Crippen LogP contribution in [0.15, 0.2) is 53.4 Å². The van der Waals surface area contributed by atoms with Crippen LogP contribution < -0.4 is 10.1 Å². The Kier molecular flexibility index (Phi) is 11.3. The first-order valence-corrected chi connectivity index (χ1v) is 13.6. The normalized spacial score (nSPS) is 14.3. The van der Waals surface area contributed by atoms with Gasteiger partial charge in [-0.15, -0.1) is 0 Å². The number of thiocarbonyl (C=S) groups is 1. The number of benzene rings is 2. The number of carbonyl (C=O) groups is 3. The fraction of sp³-hybridized carbons (Fsp3) is 0.357. The number of rotatable bonds is 13. The lowest BCUT2D eigenvalue weighted by atomic mass is 10.1. The lowest BCUT2D eigenvalue weighted by Crippen LogP contribution is -2.29. The standard InChI is InChI=1S/C28H33N3O5S2/c1-30(2)17-18-36-27(34)21-10-12-22(13-11-21)29-25(32)7-5-4-6-16-31-26(33)24(38-28(31)37)19-20-8-14-23(35-3)15-9-20/h8-15,19H,4-7,16-18H2,1-3H3,(H,29,32). The van der Waals surface area contributed by atoms with Crippen LogP contribution in [-0.2, 0) is 14.3 Å². The van der Waals surface area contributed by atoms with E-state index in [1.54, 1.807) is 36.3 Å². The maximum absolute atomic E-state index is 12.8. The number of hydrogen-bond donors (Lipinski definition) is 1. The van der Waals surface area contributed by atoms with E-state index in [9.17, 15) is 14.4 Å². The molecular weight excluding hydrogens is 522 g/mol. The van der Waals surface area contributed by atoms with Gasteiger partial charge in [-0.2, -0.15) is 0 Å². The van der Waals surface area contributed by atoms with Crippen LogP contribution in [0.25, 0.3) is 6.08 Å². The molecule has 1 fully saturated rings. The van der Waals surface area contributed by atoms with Crippen molar-refractivity contribution in [3.63, 3.8) is 0 Å². The number of nitrogens with one attached hydrogen (secondary N) is 1. The first-order valence-electron chi connectivity index (χ1n) is 12.4. The lowest BCUT2D eigenvalue weighted by Gasteiger charge is -2.14. The molecule has 0 radical (unpaired) electrons. The molecule has 0 bridgehead atoms. The minimum atomic E-state index is -0.387. The molecule has 1 aliphatic heterocycles. The van der Waals surface area contributed by atoms with Crippen molar-refractivity contribution in [1.29, 1.82) is 0 Å². The van der Waals surface area contributed by atoms with E-state index >= 15 is 0 Å². The van der Waals surface area contributed by atoms with Gasteiger partial charge in [-0.05, 0) is 75.0 Å². The summed E-state index contributed by atoms with van der Waals surface area (Å²) in [4.78, 5) is 41.3. The topological polar surface area (TPSA) is 88.2 Å². The molecule has 2 amide bonds. The molecule has 0 unspecified atom stereocenters. The van der Waals surface area contributed by atoms with Gasteiger partial charge in [0, 0.05) is 25.2 Å². The number of hydrogen-bond acceptors (Lipinski definition) is 8. The number of unbranched alkanes of at least 4 members (excludes halogenated alkanes) is 2. The number of likely N-dealkylation sites (N-methyl/N-ethyl adjacent to an activating group) is 1. The highest BCUT2D eigenvalue weighted by Gasteiger charge is 2.31. The molecule has 1 aliphatic rings. The fourth-order valence-electron chi connectivity index (χ4n) is 3.59. The van der Waals surface area contributed by atoms with Crippen LogP contribution >= 0.6 is 24.0 Å². The van der Waals surface area contributed by atoms with Gasteiger partial charge in [0.25, 0.3) is 5.91 Å². The summed E-state index contributed by atoms with van der Waals surface area (Å²) < 4.78 is 10.9. The second-order valence-electron chi connectivity index (χ2n) is 8.98. The summed E-state index contributed by atoms with van der Waals surface area (Å²) in [5.74, 6) is 0.190. The largest absolute Gasteiger partial charge is 0.497 e. The molecule has 8 nitrogen and oxygen atoms in total. The number of methoxy groups -OCH3 is 1. The molecule has 38 heavy (non-hydrogen) atoms. The molecule has 3 rings (SSSR count). The van der Waals surface area contributed by atoms with Crippen molar-refractivity contribution in [3.05, 3.63) is 64.6 Å². The number of nitrogens with zero attached hydrogens (tertiary/aromatic N) is 2. The van der Waals surface area contributed by atoms with Crippen molar-refractivity contribution in [3.8, 4) is 5.75 Å². The van der Waals surface area contributed by atoms with E-state index in [1.165, 1.54) is 11.8 Å². The molecular formula is C28H33N3O5S2. The molecule has 0 atom stereocenters. The first kappa shape index (κ1) is 29.3. The minimum absolute atomic E-state index is 0.0846. The minimum Gasteiger partial charge on any atom is -0.497 e. The Bertz CT molecular complexity index is 1160. The molecule has 1 saturated heterocycles. The summed E-state index contributed by atoms with van der Waals surface area (Å²) >= 11 is 6.72. The third-order valence-corrected chi connectivity index (χ3v) is 7.13. The quantitative estimate of drug-likeness (QED) is 0.163. The zero-order valence-electron chi connectivity index (χ0n) is 21.9. The van der Waals surface area contributed by atoms with Gasteiger partial charge in [0.2, 0.25) is 5.91 Å². The number of amides is 2. The average molecular weight is 556 g/mol. The fourth-order valence-corrected chi connectivity index (χ4v) is 4.90. The monoisotopic (exact) mass is 555 g/mol. The third-order valence-electron chi connectivity index (χ3n) is 5.75. The van der Waals surface area contributed by atoms with Crippen LogP contribution in [0.1, 0.15) is 41.6 Å². The van der Waals surface area contributed by atoms with Crippen molar-refractivity contribution in [2.45, 2.75) is 25.7 Å². The Labute approximate surface area is 233 Å². The molecule has 0 aliphatic carbocycles. The molecule has 1 heterocycles. The van der Waals surface area contributed by atoms with Crippen LogP contribution in [0.3, 0.4) is 0 Å². The summed E-state index contributed by atoms with van der Waals surface area (Å²) in [5.41, 5.74) is 1.98. The Morgan fingerprint density at radius 3 is 2.42 bits per heavy atom. The van der Waals surface area contributed by atoms with E-state index in [-0.39, 0.29) is 17.8 Å². The Hall–Kier alpha value is -3.21.